The lowest BCUT2D eigenvalue weighted by Gasteiger charge is -2.15. The summed E-state index contributed by atoms with van der Waals surface area (Å²) in [5, 5.41) is 2.67. The van der Waals surface area contributed by atoms with Crippen molar-refractivity contribution in [1.29, 1.82) is 0 Å². The van der Waals surface area contributed by atoms with E-state index >= 15 is 0 Å². The molecule has 0 aliphatic rings. The predicted molar refractivity (Wildman–Crippen MR) is 77.1 cm³/mol. The molecule has 4 nitrogen and oxygen atoms in total. The molecule has 0 saturated heterocycles. The van der Waals surface area contributed by atoms with Gasteiger partial charge in [-0.3, -0.25) is 0 Å². The monoisotopic (exact) mass is 314 g/mol. The lowest BCUT2D eigenvalue weighted by atomic mass is 10.1. The number of nitrogens with zero attached hydrogens (tertiary/aromatic N) is 1. The van der Waals surface area contributed by atoms with Crippen LogP contribution in [0.4, 0.5) is 8.78 Å². The third-order valence-electron chi connectivity index (χ3n) is 2.75. The Bertz CT molecular complexity index is 604. The smallest absolute Gasteiger partial charge is 0.387 e. The molecule has 0 radical (unpaired) electrons. The first kappa shape index (κ1) is 15.7. The van der Waals surface area contributed by atoms with E-state index in [1.54, 1.807) is 19.1 Å². The van der Waals surface area contributed by atoms with Crippen LogP contribution in [0.15, 0.2) is 23.6 Å². The van der Waals surface area contributed by atoms with Crippen LogP contribution in [0.25, 0.3) is 0 Å². The van der Waals surface area contributed by atoms with Gasteiger partial charge in [-0.2, -0.15) is 8.78 Å². The van der Waals surface area contributed by atoms with E-state index < -0.39 is 12.7 Å². The second kappa shape index (κ2) is 6.82. The summed E-state index contributed by atoms with van der Waals surface area (Å²) in [6.45, 7) is 1.10. The molecule has 2 N–H and O–H groups in total. The van der Waals surface area contributed by atoms with Crippen LogP contribution in [0.5, 0.6) is 11.5 Å². The summed E-state index contributed by atoms with van der Waals surface area (Å²) < 4.78 is 34.5. The van der Waals surface area contributed by atoms with Crippen LogP contribution in [0.1, 0.15) is 29.2 Å². The van der Waals surface area contributed by atoms with Gasteiger partial charge in [0.15, 0.2) is 11.5 Å². The van der Waals surface area contributed by atoms with Crippen LogP contribution in [0, 0.1) is 6.92 Å². The summed E-state index contributed by atoms with van der Waals surface area (Å²) in [6, 6.07) is 4.26. The number of thiazole rings is 1. The van der Waals surface area contributed by atoms with Crippen LogP contribution in [0.2, 0.25) is 0 Å². The molecule has 21 heavy (non-hydrogen) atoms. The number of hydrogen-bond acceptors (Lipinski definition) is 5. The summed E-state index contributed by atoms with van der Waals surface area (Å²) in [5.74, 6) is 0.247. The molecule has 0 aliphatic heterocycles. The van der Waals surface area contributed by atoms with Gasteiger partial charge in [0.1, 0.15) is 5.01 Å². The maximum Gasteiger partial charge on any atom is 0.387 e. The Morgan fingerprint density at radius 3 is 2.67 bits per heavy atom. The van der Waals surface area contributed by atoms with E-state index in [0.717, 1.165) is 16.3 Å². The van der Waals surface area contributed by atoms with Gasteiger partial charge in [0.2, 0.25) is 0 Å². The first-order valence-corrected chi connectivity index (χ1v) is 7.28. The van der Waals surface area contributed by atoms with E-state index in [-0.39, 0.29) is 11.5 Å². The fourth-order valence-corrected chi connectivity index (χ4v) is 2.66. The van der Waals surface area contributed by atoms with Crippen molar-refractivity contribution in [3.05, 3.63) is 39.8 Å². The molecule has 0 aliphatic carbocycles. The fraction of sp³-hybridized carbons (Fsp3) is 0.357. The van der Waals surface area contributed by atoms with Crippen molar-refractivity contribution in [2.45, 2.75) is 26.5 Å². The summed E-state index contributed by atoms with van der Waals surface area (Å²) >= 11 is 1.46. The first-order valence-electron chi connectivity index (χ1n) is 6.40. The van der Waals surface area contributed by atoms with Crippen molar-refractivity contribution < 1.29 is 18.3 Å². The Labute approximate surface area is 125 Å². The number of aromatic nitrogens is 1. The topological polar surface area (TPSA) is 57.4 Å². The number of aryl methyl sites for hydroxylation is 1. The fourth-order valence-electron chi connectivity index (χ4n) is 1.84. The molecule has 0 bridgehead atoms. The highest BCUT2D eigenvalue weighted by molar-refractivity contribution is 7.09. The summed E-state index contributed by atoms with van der Waals surface area (Å²) in [7, 11) is 0. The maximum absolute atomic E-state index is 12.4. The van der Waals surface area contributed by atoms with Gasteiger partial charge in [-0.15, -0.1) is 11.3 Å². The Kier molecular flexibility index (Phi) is 5.08. The van der Waals surface area contributed by atoms with Crippen molar-refractivity contribution >= 4 is 11.3 Å². The highest BCUT2D eigenvalue weighted by Crippen LogP contribution is 2.33. The van der Waals surface area contributed by atoms with Crippen molar-refractivity contribution in [3.63, 3.8) is 0 Å². The van der Waals surface area contributed by atoms with Gasteiger partial charge in [-0.1, -0.05) is 6.07 Å². The minimum absolute atomic E-state index is 0.00174. The molecule has 2 aromatic rings. The van der Waals surface area contributed by atoms with Crippen LogP contribution < -0.4 is 15.2 Å². The Morgan fingerprint density at radius 2 is 2.10 bits per heavy atom. The molecule has 1 aromatic carbocycles. The van der Waals surface area contributed by atoms with E-state index in [1.165, 1.54) is 17.4 Å². The van der Waals surface area contributed by atoms with E-state index in [4.69, 9.17) is 10.5 Å². The normalized spacial score (nSPS) is 12.5. The van der Waals surface area contributed by atoms with Gasteiger partial charge < -0.3 is 15.2 Å². The highest BCUT2D eigenvalue weighted by atomic mass is 32.1. The van der Waals surface area contributed by atoms with Crippen LogP contribution >= 0.6 is 11.3 Å². The third-order valence-corrected chi connectivity index (χ3v) is 3.79. The van der Waals surface area contributed by atoms with Crippen molar-refractivity contribution in [1.82, 2.24) is 4.98 Å². The van der Waals surface area contributed by atoms with E-state index in [1.807, 2.05) is 12.3 Å². The second-order valence-electron chi connectivity index (χ2n) is 4.32. The van der Waals surface area contributed by atoms with E-state index in [9.17, 15) is 8.78 Å². The molecular weight excluding hydrogens is 298 g/mol. The van der Waals surface area contributed by atoms with E-state index in [0.29, 0.717) is 6.61 Å². The molecule has 1 unspecified atom stereocenters. The molecular formula is C14H16F2N2O2S. The lowest BCUT2D eigenvalue weighted by Crippen LogP contribution is -2.12. The quantitative estimate of drug-likeness (QED) is 0.886. The zero-order chi connectivity index (χ0) is 15.4. The lowest BCUT2D eigenvalue weighted by molar-refractivity contribution is -0.0514. The number of ether oxygens (including phenoxy) is 2. The van der Waals surface area contributed by atoms with Gasteiger partial charge in [-0.25, -0.2) is 4.98 Å². The molecule has 7 heteroatoms. The number of rotatable bonds is 6. The van der Waals surface area contributed by atoms with Gasteiger partial charge in [0.05, 0.1) is 12.6 Å². The third kappa shape index (κ3) is 3.89. The Hall–Kier alpha value is -1.73. The van der Waals surface area contributed by atoms with Crippen LogP contribution in [-0.4, -0.2) is 18.2 Å². The number of benzene rings is 1. The molecule has 0 saturated carbocycles. The molecule has 0 fully saturated rings. The van der Waals surface area contributed by atoms with Gasteiger partial charge in [0.25, 0.3) is 0 Å². The van der Waals surface area contributed by atoms with Gasteiger partial charge >= 0.3 is 6.61 Å². The maximum atomic E-state index is 12.4. The zero-order valence-electron chi connectivity index (χ0n) is 11.7. The van der Waals surface area contributed by atoms with Gasteiger partial charge in [-0.05, 0) is 31.5 Å². The minimum Gasteiger partial charge on any atom is -0.490 e. The standard InChI is InChI=1S/C14H16F2N2O2S/c1-3-19-11-6-9(4-5-10(11)20-14(15)16)12(17)13-18-8(2)7-21-13/h4-7,12,14H,3,17H2,1-2H3. The first-order chi connectivity index (χ1) is 10.0. The van der Waals surface area contributed by atoms with Crippen LogP contribution in [0.3, 0.4) is 0 Å². The average Bonchev–Trinajstić information content (AvgIpc) is 2.86. The molecule has 1 atom stereocenters. The van der Waals surface area contributed by atoms with Gasteiger partial charge in [0, 0.05) is 11.1 Å². The average molecular weight is 314 g/mol. The second-order valence-corrected chi connectivity index (χ2v) is 5.21. The van der Waals surface area contributed by atoms with Crippen molar-refractivity contribution in [2.75, 3.05) is 6.61 Å². The molecule has 0 amide bonds. The number of nitrogens with two attached hydrogens (primary N) is 1. The largest absolute Gasteiger partial charge is 0.490 e. The Balaban J connectivity index is 2.30. The molecule has 1 aromatic heterocycles. The number of hydrogen-bond donors (Lipinski definition) is 1. The zero-order valence-corrected chi connectivity index (χ0v) is 12.5. The minimum atomic E-state index is -2.90. The summed E-state index contributed by atoms with van der Waals surface area (Å²) in [5.41, 5.74) is 7.78. The molecule has 0 spiro atoms. The summed E-state index contributed by atoms with van der Waals surface area (Å²) in [4.78, 5) is 4.33. The molecule has 2 rings (SSSR count). The summed E-state index contributed by atoms with van der Waals surface area (Å²) in [6.07, 6.45) is 0. The SMILES string of the molecule is CCOc1cc(C(N)c2nc(C)cs2)ccc1OC(F)F. The molecule has 1 heterocycles. The number of alkyl halides is 2. The Morgan fingerprint density at radius 1 is 1.33 bits per heavy atom. The predicted octanol–water partition coefficient (Wildman–Crippen LogP) is 3.50. The number of halogens is 2. The van der Waals surface area contributed by atoms with Crippen molar-refractivity contribution in [3.8, 4) is 11.5 Å². The van der Waals surface area contributed by atoms with Crippen molar-refractivity contribution in [2.24, 2.45) is 5.73 Å². The van der Waals surface area contributed by atoms with Crippen LogP contribution in [-0.2, 0) is 0 Å². The highest BCUT2D eigenvalue weighted by Gasteiger charge is 2.17. The molecule has 114 valence electrons. The van der Waals surface area contributed by atoms with E-state index in [2.05, 4.69) is 9.72 Å².